The lowest BCUT2D eigenvalue weighted by molar-refractivity contribution is 0.102. The third kappa shape index (κ3) is 1.42. The molecule has 1 aliphatic heterocycles. The van der Waals surface area contributed by atoms with Gasteiger partial charge in [0.25, 0.3) is 0 Å². The van der Waals surface area contributed by atoms with Gasteiger partial charge in [0.2, 0.25) is 0 Å². The number of hydrogen-bond donors (Lipinski definition) is 1. The highest BCUT2D eigenvalue weighted by Gasteiger charge is 2.23. The van der Waals surface area contributed by atoms with Gasteiger partial charge in [-0.3, -0.25) is 4.79 Å². The van der Waals surface area contributed by atoms with Crippen molar-refractivity contribution < 1.29 is 9.90 Å². The Hall–Kier alpha value is -0.930. The third-order valence-electron chi connectivity index (χ3n) is 2.03. The van der Waals surface area contributed by atoms with Gasteiger partial charge in [-0.1, -0.05) is 17.7 Å². The first kappa shape index (κ1) is 9.62. The zero-order chi connectivity index (χ0) is 10.1. The number of fused-ring (bicyclic) bond motifs is 1. The van der Waals surface area contributed by atoms with E-state index in [1.165, 1.54) is 11.8 Å². The molecule has 0 aromatic heterocycles. The average molecular weight is 227 g/mol. The number of carbonyl (C=O) groups excluding carboxylic acids is 1. The molecule has 1 aromatic rings. The monoisotopic (exact) mass is 226 g/mol. The summed E-state index contributed by atoms with van der Waals surface area (Å²) in [6, 6.07) is 5.22. The van der Waals surface area contributed by atoms with E-state index in [1.807, 2.05) is 0 Å². The van der Waals surface area contributed by atoms with E-state index in [0.29, 0.717) is 21.9 Å². The molecule has 0 saturated heterocycles. The summed E-state index contributed by atoms with van der Waals surface area (Å²) in [6.07, 6.45) is 0.874. The minimum atomic E-state index is -0.135. The molecule has 0 saturated carbocycles. The van der Waals surface area contributed by atoms with Crippen molar-refractivity contribution in [3.8, 4) is 0 Å². The van der Waals surface area contributed by atoms with Crippen molar-refractivity contribution in [3.63, 3.8) is 0 Å². The molecule has 0 fully saturated rings. The predicted octanol–water partition coefficient (Wildman–Crippen LogP) is 3.07. The summed E-state index contributed by atoms with van der Waals surface area (Å²) in [6.45, 7) is 0. The van der Waals surface area contributed by atoms with Crippen LogP contribution < -0.4 is 0 Å². The summed E-state index contributed by atoms with van der Waals surface area (Å²) in [5.41, 5.74) is 0.999. The number of Topliss-reactive ketones (excluding diaryl/α,β-unsaturated/α-hetero) is 1. The molecule has 1 N–H and O–H groups in total. The van der Waals surface area contributed by atoms with E-state index in [2.05, 4.69) is 0 Å². The second-order valence-corrected chi connectivity index (χ2v) is 4.28. The van der Waals surface area contributed by atoms with E-state index in [4.69, 9.17) is 16.7 Å². The van der Waals surface area contributed by atoms with Crippen LogP contribution in [0.3, 0.4) is 0 Å². The maximum Gasteiger partial charge on any atom is 0.194 e. The number of ketones is 1. The molecule has 4 heteroatoms. The highest BCUT2D eigenvalue weighted by Crippen LogP contribution is 2.37. The van der Waals surface area contributed by atoms with Gasteiger partial charge in [-0.15, -0.1) is 11.8 Å². The first-order valence-electron chi connectivity index (χ1n) is 4.03. The molecule has 0 atom stereocenters. The quantitative estimate of drug-likeness (QED) is 0.546. The Morgan fingerprint density at radius 3 is 3.00 bits per heavy atom. The number of aliphatic hydroxyl groups is 1. The fourth-order valence-electron chi connectivity index (χ4n) is 1.32. The van der Waals surface area contributed by atoms with Crippen molar-refractivity contribution >= 4 is 29.1 Å². The van der Waals surface area contributed by atoms with Gasteiger partial charge in [0, 0.05) is 21.8 Å². The van der Waals surface area contributed by atoms with Crippen LogP contribution in [-0.2, 0) is 0 Å². The topological polar surface area (TPSA) is 37.3 Å². The fourth-order valence-corrected chi connectivity index (χ4v) is 2.68. The van der Waals surface area contributed by atoms with Gasteiger partial charge in [0.15, 0.2) is 5.78 Å². The van der Waals surface area contributed by atoms with E-state index in [1.54, 1.807) is 18.2 Å². The fraction of sp³-hybridized carbons (Fsp3) is 0.100. The molecule has 72 valence electrons. The average Bonchev–Trinajstić information content (AvgIpc) is 2.20. The van der Waals surface area contributed by atoms with Gasteiger partial charge in [-0.2, -0.15) is 0 Å². The van der Waals surface area contributed by atoms with Crippen LogP contribution in [0.1, 0.15) is 10.4 Å². The molecule has 1 aliphatic rings. The van der Waals surface area contributed by atoms with Crippen LogP contribution in [-0.4, -0.2) is 16.6 Å². The maximum atomic E-state index is 11.7. The summed E-state index contributed by atoms with van der Waals surface area (Å²) >= 11 is 7.41. The molecular formula is C10H7ClO2S. The van der Waals surface area contributed by atoms with Gasteiger partial charge in [-0.25, -0.2) is 0 Å². The van der Waals surface area contributed by atoms with E-state index < -0.39 is 0 Å². The number of benzene rings is 1. The Bertz CT molecular complexity index is 426. The summed E-state index contributed by atoms with van der Waals surface area (Å²) in [4.78, 5) is 12.5. The van der Waals surface area contributed by atoms with Crippen LogP contribution in [0.5, 0.6) is 0 Å². The largest absolute Gasteiger partial charge is 0.515 e. The van der Waals surface area contributed by atoms with Gasteiger partial charge < -0.3 is 5.11 Å². The lowest BCUT2D eigenvalue weighted by Gasteiger charge is -2.16. The highest BCUT2D eigenvalue weighted by molar-refractivity contribution is 7.99. The highest BCUT2D eigenvalue weighted by atomic mass is 35.5. The van der Waals surface area contributed by atoms with E-state index in [9.17, 15) is 4.79 Å². The van der Waals surface area contributed by atoms with Crippen LogP contribution in [0.4, 0.5) is 0 Å². The summed E-state index contributed by atoms with van der Waals surface area (Å²) < 4.78 is 0. The van der Waals surface area contributed by atoms with Crippen molar-refractivity contribution in [2.24, 2.45) is 0 Å². The van der Waals surface area contributed by atoms with E-state index in [0.717, 1.165) is 11.2 Å². The van der Waals surface area contributed by atoms with Gasteiger partial charge >= 0.3 is 0 Å². The second-order valence-electron chi connectivity index (χ2n) is 2.89. The third-order valence-corrected chi connectivity index (χ3v) is 3.64. The van der Waals surface area contributed by atoms with Gasteiger partial charge in [-0.05, 0) is 12.1 Å². The Morgan fingerprint density at radius 1 is 1.50 bits per heavy atom. The first-order valence-corrected chi connectivity index (χ1v) is 5.39. The summed E-state index contributed by atoms with van der Waals surface area (Å²) in [5, 5.41) is 9.42. The van der Waals surface area contributed by atoms with Crippen molar-refractivity contribution in [1.29, 1.82) is 0 Å². The van der Waals surface area contributed by atoms with Crippen molar-refractivity contribution in [1.82, 2.24) is 0 Å². The molecule has 0 amide bonds. The molecule has 0 spiro atoms. The Balaban J connectivity index is 2.57. The maximum absolute atomic E-state index is 11.7. The number of hydrogen-bond acceptors (Lipinski definition) is 3. The SMILES string of the molecule is O=C1C(=CO)CSc2c(Cl)cccc21. The van der Waals surface area contributed by atoms with Crippen molar-refractivity contribution in [2.45, 2.75) is 4.90 Å². The minimum absolute atomic E-state index is 0.135. The summed E-state index contributed by atoms with van der Waals surface area (Å²) in [7, 11) is 0. The zero-order valence-corrected chi connectivity index (χ0v) is 8.73. The Labute approximate surface area is 90.6 Å². The van der Waals surface area contributed by atoms with Crippen LogP contribution >= 0.6 is 23.4 Å². The van der Waals surface area contributed by atoms with E-state index >= 15 is 0 Å². The number of rotatable bonds is 0. The minimum Gasteiger partial charge on any atom is -0.515 e. The van der Waals surface area contributed by atoms with Gasteiger partial charge in [0.05, 0.1) is 11.3 Å². The molecule has 0 unspecified atom stereocenters. The van der Waals surface area contributed by atoms with Crippen molar-refractivity contribution in [3.05, 3.63) is 40.6 Å². The Morgan fingerprint density at radius 2 is 2.29 bits per heavy atom. The number of halogens is 1. The molecule has 1 heterocycles. The smallest absolute Gasteiger partial charge is 0.194 e. The lowest BCUT2D eigenvalue weighted by atomic mass is 10.1. The molecular weight excluding hydrogens is 220 g/mol. The van der Waals surface area contributed by atoms with Crippen LogP contribution in [0.15, 0.2) is 34.9 Å². The number of aliphatic hydroxyl groups excluding tert-OH is 1. The molecule has 1 aromatic carbocycles. The van der Waals surface area contributed by atoms with Gasteiger partial charge in [0.1, 0.15) is 0 Å². The molecule has 0 bridgehead atoms. The van der Waals surface area contributed by atoms with Crippen molar-refractivity contribution in [2.75, 3.05) is 5.75 Å². The second kappa shape index (κ2) is 3.67. The lowest BCUT2D eigenvalue weighted by Crippen LogP contribution is -2.12. The van der Waals surface area contributed by atoms with Crippen LogP contribution in [0, 0.1) is 0 Å². The molecule has 2 rings (SSSR count). The van der Waals surface area contributed by atoms with E-state index in [-0.39, 0.29) is 5.78 Å². The molecule has 0 aliphatic carbocycles. The standard InChI is InChI=1S/C10H7ClO2S/c11-8-3-1-2-7-9(13)6(4-12)5-14-10(7)8/h1-4,12H,5H2. The first-order chi connectivity index (χ1) is 6.74. The summed E-state index contributed by atoms with van der Waals surface area (Å²) in [5.74, 6) is 0.343. The zero-order valence-electron chi connectivity index (χ0n) is 7.16. The molecule has 2 nitrogen and oxygen atoms in total. The Kier molecular flexibility index (Phi) is 2.52. The predicted molar refractivity (Wildman–Crippen MR) is 57.2 cm³/mol. The molecule has 14 heavy (non-hydrogen) atoms. The van der Waals surface area contributed by atoms with Crippen LogP contribution in [0.25, 0.3) is 0 Å². The normalized spacial score (nSPS) is 18.4. The van der Waals surface area contributed by atoms with Crippen LogP contribution in [0.2, 0.25) is 5.02 Å². The number of thioether (sulfide) groups is 1. The number of carbonyl (C=O) groups is 1. The molecule has 0 radical (unpaired) electrons.